The molecule has 2 heterocycles. The summed E-state index contributed by atoms with van der Waals surface area (Å²) >= 11 is 0. The standard InChI is InChI=1S/C14H24N6O2/c1-3-19-8-9-20(10-12(19)13-16-5-6-17-13)14(22)18-7-4-15-11(2)21/h5-6,12H,3-4,7-10H2,1-2H3,(H,15,21)(H,16,17)(H,18,22). The first-order valence-electron chi connectivity index (χ1n) is 7.62. The molecule has 1 aliphatic heterocycles. The first-order valence-corrected chi connectivity index (χ1v) is 7.62. The van der Waals surface area contributed by atoms with Crippen molar-refractivity contribution in [2.75, 3.05) is 39.3 Å². The number of H-pyrrole nitrogens is 1. The molecular formula is C14H24N6O2. The van der Waals surface area contributed by atoms with Crippen molar-refractivity contribution in [2.24, 2.45) is 0 Å². The van der Waals surface area contributed by atoms with Crippen molar-refractivity contribution in [1.82, 2.24) is 30.4 Å². The monoisotopic (exact) mass is 308 g/mol. The first kappa shape index (κ1) is 16.3. The summed E-state index contributed by atoms with van der Waals surface area (Å²) in [5, 5.41) is 5.49. The number of likely N-dealkylation sites (N-methyl/N-ethyl adjacent to an activating group) is 1. The lowest BCUT2D eigenvalue weighted by molar-refractivity contribution is -0.118. The van der Waals surface area contributed by atoms with Crippen LogP contribution in [0.1, 0.15) is 25.7 Å². The van der Waals surface area contributed by atoms with Crippen LogP contribution in [0.3, 0.4) is 0 Å². The minimum Gasteiger partial charge on any atom is -0.355 e. The van der Waals surface area contributed by atoms with Gasteiger partial charge < -0.3 is 20.5 Å². The fraction of sp³-hybridized carbons (Fsp3) is 0.643. The molecule has 3 amide bonds. The molecule has 0 spiro atoms. The summed E-state index contributed by atoms with van der Waals surface area (Å²) in [6.07, 6.45) is 3.53. The van der Waals surface area contributed by atoms with Crippen molar-refractivity contribution in [3.8, 4) is 0 Å². The Morgan fingerprint density at radius 3 is 2.77 bits per heavy atom. The average molecular weight is 308 g/mol. The molecule has 122 valence electrons. The lowest BCUT2D eigenvalue weighted by Gasteiger charge is -2.39. The van der Waals surface area contributed by atoms with Crippen LogP contribution < -0.4 is 10.6 Å². The molecule has 0 saturated carbocycles. The molecular weight excluding hydrogens is 284 g/mol. The highest BCUT2D eigenvalue weighted by atomic mass is 16.2. The van der Waals surface area contributed by atoms with Crippen LogP contribution in [0.5, 0.6) is 0 Å². The third-order valence-electron chi connectivity index (χ3n) is 3.79. The van der Waals surface area contributed by atoms with Gasteiger partial charge in [-0.2, -0.15) is 0 Å². The van der Waals surface area contributed by atoms with Crippen molar-refractivity contribution < 1.29 is 9.59 Å². The molecule has 8 heteroatoms. The number of amides is 3. The van der Waals surface area contributed by atoms with Crippen LogP contribution in [-0.4, -0.2) is 71.0 Å². The number of aromatic nitrogens is 2. The topological polar surface area (TPSA) is 93.4 Å². The molecule has 1 atom stereocenters. The normalized spacial score (nSPS) is 19.0. The number of carbonyl (C=O) groups excluding carboxylic acids is 2. The highest BCUT2D eigenvalue weighted by Gasteiger charge is 2.30. The van der Waals surface area contributed by atoms with Crippen molar-refractivity contribution in [3.63, 3.8) is 0 Å². The number of piperazine rings is 1. The molecule has 22 heavy (non-hydrogen) atoms. The van der Waals surface area contributed by atoms with Gasteiger partial charge in [0.25, 0.3) is 0 Å². The Morgan fingerprint density at radius 2 is 2.14 bits per heavy atom. The SMILES string of the molecule is CCN1CCN(C(=O)NCCNC(C)=O)CC1c1ncc[nH]1. The van der Waals surface area contributed by atoms with Gasteiger partial charge in [0, 0.05) is 52.0 Å². The van der Waals surface area contributed by atoms with Gasteiger partial charge in [-0.25, -0.2) is 9.78 Å². The minimum atomic E-state index is -0.0994. The van der Waals surface area contributed by atoms with E-state index in [1.807, 2.05) is 0 Å². The van der Waals surface area contributed by atoms with Crippen LogP contribution in [0.25, 0.3) is 0 Å². The number of nitrogens with one attached hydrogen (secondary N) is 3. The third kappa shape index (κ3) is 4.20. The number of carbonyl (C=O) groups is 2. The summed E-state index contributed by atoms with van der Waals surface area (Å²) in [7, 11) is 0. The Balaban J connectivity index is 1.87. The Bertz CT molecular complexity index is 490. The predicted octanol–water partition coefficient (Wildman–Crippen LogP) is -0.0660. The zero-order valence-corrected chi connectivity index (χ0v) is 13.1. The third-order valence-corrected chi connectivity index (χ3v) is 3.79. The van der Waals surface area contributed by atoms with Crippen molar-refractivity contribution in [2.45, 2.75) is 19.9 Å². The molecule has 1 unspecified atom stereocenters. The van der Waals surface area contributed by atoms with E-state index in [1.54, 1.807) is 17.3 Å². The van der Waals surface area contributed by atoms with E-state index >= 15 is 0 Å². The first-order chi connectivity index (χ1) is 10.6. The van der Waals surface area contributed by atoms with Crippen LogP contribution in [0.2, 0.25) is 0 Å². The fourth-order valence-corrected chi connectivity index (χ4v) is 2.62. The van der Waals surface area contributed by atoms with Gasteiger partial charge in [-0.3, -0.25) is 9.69 Å². The quantitative estimate of drug-likeness (QED) is 0.664. The van der Waals surface area contributed by atoms with Crippen molar-refractivity contribution >= 4 is 11.9 Å². The van der Waals surface area contributed by atoms with E-state index in [9.17, 15) is 9.59 Å². The second-order valence-electron chi connectivity index (χ2n) is 5.28. The maximum atomic E-state index is 12.2. The summed E-state index contributed by atoms with van der Waals surface area (Å²) < 4.78 is 0. The molecule has 0 bridgehead atoms. The molecule has 1 aliphatic rings. The molecule has 3 N–H and O–H groups in total. The van der Waals surface area contributed by atoms with Crippen LogP contribution >= 0.6 is 0 Å². The Kier molecular flexibility index (Phi) is 5.76. The van der Waals surface area contributed by atoms with Gasteiger partial charge in [-0.1, -0.05) is 6.92 Å². The lowest BCUT2D eigenvalue weighted by Crippen LogP contribution is -2.53. The number of urea groups is 1. The summed E-state index contributed by atoms with van der Waals surface area (Å²) in [6.45, 7) is 7.48. The van der Waals surface area contributed by atoms with E-state index in [0.29, 0.717) is 26.2 Å². The Labute approximate surface area is 130 Å². The number of hydrogen-bond donors (Lipinski definition) is 3. The smallest absolute Gasteiger partial charge is 0.317 e. The summed E-state index contributed by atoms with van der Waals surface area (Å²) in [6, 6.07) is -0.00694. The molecule has 2 rings (SSSR count). The van der Waals surface area contributed by atoms with Crippen molar-refractivity contribution in [3.05, 3.63) is 18.2 Å². The van der Waals surface area contributed by atoms with E-state index in [1.165, 1.54) is 6.92 Å². The van der Waals surface area contributed by atoms with E-state index in [-0.39, 0.29) is 18.0 Å². The molecule has 8 nitrogen and oxygen atoms in total. The van der Waals surface area contributed by atoms with Crippen LogP contribution in [0, 0.1) is 0 Å². The molecule has 1 aromatic rings. The summed E-state index contributed by atoms with van der Waals surface area (Å²) in [5.74, 6) is 0.793. The maximum absolute atomic E-state index is 12.2. The average Bonchev–Trinajstić information content (AvgIpc) is 3.04. The Morgan fingerprint density at radius 1 is 1.36 bits per heavy atom. The van der Waals surface area contributed by atoms with Gasteiger partial charge in [0.1, 0.15) is 5.82 Å². The largest absolute Gasteiger partial charge is 0.355 e. The van der Waals surface area contributed by atoms with Gasteiger partial charge >= 0.3 is 6.03 Å². The van der Waals surface area contributed by atoms with Gasteiger partial charge in [0.05, 0.1) is 6.04 Å². The fourth-order valence-electron chi connectivity index (χ4n) is 2.62. The number of imidazole rings is 1. The van der Waals surface area contributed by atoms with Crippen molar-refractivity contribution in [1.29, 1.82) is 0 Å². The summed E-state index contributed by atoms with van der Waals surface area (Å²) in [4.78, 5) is 34.6. The molecule has 1 aromatic heterocycles. The second-order valence-corrected chi connectivity index (χ2v) is 5.28. The molecule has 1 fully saturated rings. The number of rotatable bonds is 5. The van der Waals surface area contributed by atoms with Crippen LogP contribution in [-0.2, 0) is 4.79 Å². The molecule has 0 aromatic carbocycles. The van der Waals surface area contributed by atoms with E-state index in [2.05, 4.69) is 32.4 Å². The lowest BCUT2D eigenvalue weighted by atomic mass is 10.1. The van der Waals surface area contributed by atoms with Gasteiger partial charge in [0.2, 0.25) is 5.91 Å². The molecule has 1 saturated heterocycles. The van der Waals surface area contributed by atoms with Gasteiger partial charge in [-0.15, -0.1) is 0 Å². The number of aromatic amines is 1. The maximum Gasteiger partial charge on any atom is 0.317 e. The zero-order chi connectivity index (χ0) is 15.9. The minimum absolute atomic E-state index is 0.0924. The number of hydrogen-bond acceptors (Lipinski definition) is 4. The number of nitrogens with zero attached hydrogens (tertiary/aromatic N) is 3. The highest BCUT2D eigenvalue weighted by Crippen LogP contribution is 2.22. The van der Waals surface area contributed by atoms with Gasteiger partial charge in [-0.05, 0) is 6.54 Å². The van der Waals surface area contributed by atoms with Gasteiger partial charge in [0.15, 0.2) is 0 Å². The second kappa shape index (κ2) is 7.79. The molecule has 0 radical (unpaired) electrons. The zero-order valence-electron chi connectivity index (χ0n) is 13.1. The molecule has 0 aliphatic carbocycles. The van der Waals surface area contributed by atoms with Crippen LogP contribution in [0.4, 0.5) is 4.79 Å². The van der Waals surface area contributed by atoms with E-state index in [4.69, 9.17) is 0 Å². The highest BCUT2D eigenvalue weighted by molar-refractivity contribution is 5.75. The summed E-state index contributed by atoms with van der Waals surface area (Å²) in [5.41, 5.74) is 0. The van der Waals surface area contributed by atoms with Crippen LogP contribution in [0.15, 0.2) is 12.4 Å². The van der Waals surface area contributed by atoms with E-state index in [0.717, 1.165) is 18.9 Å². The Hall–Kier alpha value is -2.09. The van der Waals surface area contributed by atoms with E-state index < -0.39 is 0 Å². The predicted molar refractivity (Wildman–Crippen MR) is 82.2 cm³/mol.